The predicted molar refractivity (Wildman–Crippen MR) is 66.7 cm³/mol. The zero-order chi connectivity index (χ0) is 13.0. The molecule has 0 amide bonds. The first-order valence-corrected chi connectivity index (χ1v) is 5.51. The Kier molecular flexibility index (Phi) is 3.77. The standard InChI is InChI=1S/C14H13F2NO/c1-18-11-7-5-10(6-8-11)9-17-14-12(15)3-2-4-13(14)16/h2-8,17H,9H2,1H3. The number of ether oxygens (including phenoxy) is 1. The van der Waals surface area contributed by atoms with Crippen molar-refractivity contribution < 1.29 is 13.5 Å². The second-order valence-electron chi connectivity index (χ2n) is 3.80. The van der Waals surface area contributed by atoms with Crippen molar-refractivity contribution in [1.82, 2.24) is 0 Å². The molecular weight excluding hydrogens is 236 g/mol. The third kappa shape index (κ3) is 2.77. The van der Waals surface area contributed by atoms with Gasteiger partial charge >= 0.3 is 0 Å². The number of hydrogen-bond donors (Lipinski definition) is 1. The average Bonchev–Trinajstić information content (AvgIpc) is 2.39. The molecule has 2 aromatic rings. The normalized spacial score (nSPS) is 10.2. The number of benzene rings is 2. The minimum absolute atomic E-state index is 0.103. The maximum absolute atomic E-state index is 13.3. The third-order valence-electron chi connectivity index (χ3n) is 2.59. The molecule has 2 nitrogen and oxygen atoms in total. The summed E-state index contributed by atoms with van der Waals surface area (Å²) >= 11 is 0. The van der Waals surface area contributed by atoms with Gasteiger partial charge in [0, 0.05) is 6.54 Å². The van der Waals surface area contributed by atoms with Gasteiger partial charge in [0.1, 0.15) is 23.1 Å². The lowest BCUT2D eigenvalue weighted by Crippen LogP contribution is -2.03. The molecule has 0 aliphatic heterocycles. The third-order valence-corrected chi connectivity index (χ3v) is 2.59. The molecule has 18 heavy (non-hydrogen) atoms. The first-order chi connectivity index (χ1) is 8.70. The number of nitrogens with one attached hydrogen (secondary N) is 1. The first kappa shape index (κ1) is 12.4. The van der Waals surface area contributed by atoms with Gasteiger partial charge in [-0.25, -0.2) is 8.78 Å². The summed E-state index contributed by atoms with van der Waals surface area (Å²) < 4.78 is 31.7. The van der Waals surface area contributed by atoms with E-state index in [0.717, 1.165) is 11.3 Å². The summed E-state index contributed by atoms with van der Waals surface area (Å²) in [6.07, 6.45) is 0. The Morgan fingerprint density at radius 3 is 2.17 bits per heavy atom. The van der Waals surface area contributed by atoms with Crippen LogP contribution in [0.1, 0.15) is 5.56 Å². The van der Waals surface area contributed by atoms with Gasteiger partial charge in [0.15, 0.2) is 0 Å². The van der Waals surface area contributed by atoms with Crippen molar-refractivity contribution in [2.24, 2.45) is 0 Å². The molecule has 0 heterocycles. The summed E-state index contributed by atoms with van der Waals surface area (Å²) in [6.45, 7) is 0.349. The lowest BCUT2D eigenvalue weighted by Gasteiger charge is -2.09. The van der Waals surface area contributed by atoms with Gasteiger partial charge in [-0.1, -0.05) is 18.2 Å². The van der Waals surface area contributed by atoms with Crippen LogP contribution < -0.4 is 10.1 Å². The molecule has 0 unspecified atom stereocenters. The van der Waals surface area contributed by atoms with Crippen molar-refractivity contribution in [3.05, 3.63) is 59.7 Å². The summed E-state index contributed by atoms with van der Waals surface area (Å²) in [6, 6.07) is 11.1. The Morgan fingerprint density at radius 1 is 1.00 bits per heavy atom. The summed E-state index contributed by atoms with van der Waals surface area (Å²) in [5, 5.41) is 2.74. The zero-order valence-electron chi connectivity index (χ0n) is 9.91. The van der Waals surface area contributed by atoms with E-state index < -0.39 is 11.6 Å². The smallest absolute Gasteiger partial charge is 0.149 e. The van der Waals surface area contributed by atoms with E-state index in [2.05, 4.69) is 5.32 Å². The molecule has 0 aliphatic carbocycles. The lowest BCUT2D eigenvalue weighted by molar-refractivity contribution is 0.414. The maximum atomic E-state index is 13.3. The molecule has 0 saturated heterocycles. The monoisotopic (exact) mass is 249 g/mol. The average molecular weight is 249 g/mol. The Morgan fingerprint density at radius 2 is 1.61 bits per heavy atom. The summed E-state index contributed by atoms with van der Waals surface area (Å²) in [5.41, 5.74) is 0.812. The largest absolute Gasteiger partial charge is 0.497 e. The molecule has 0 fully saturated rings. The highest BCUT2D eigenvalue weighted by Gasteiger charge is 2.07. The number of hydrogen-bond acceptors (Lipinski definition) is 2. The van der Waals surface area contributed by atoms with Crippen LogP contribution in [0.25, 0.3) is 0 Å². The number of halogens is 2. The predicted octanol–water partition coefficient (Wildman–Crippen LogP) is 3.59. The van der Waals surface area contributed by atoms with Crippen LogP contribution in [0.3, 0.4) is 0 Å². The van der Waals surface area contributed by atoms with Gasteiger partial charge in [-0.15, -0.1) is 0 Å². The SMILES string of the molecule is COc1ccc(CNc2c(F)cccc2F)cc1. The van der Waals surface area contributed by atoms with Gasteiger partial charge in [0.05, 0.1) is 7.11 Å². The fourth-order valence-electron chi connectivity index (χ4n) is 1.60. The highest BCUT2D eigenvalue weighted by molar-refractivity contribution is 5.46. The van der Waals surface area contributed by atoms with Gasteiger partial charge in [0.2, 0.25) is 0 Å². The fraction of sp³-hybridized carbons (Fsp3) is 0.143. The molecule has 0 atom stereocenters. The van der Waals surface area contributed by atoms with Crippen molar-refractivity contribution >= 4 is 5.69 Å². The van der Waals surface area contributed by atoms with E-state index in [0.29, 0.717) is 6.54 Å². The number of rotatable bonds is 4. The number of para-hydroxylation sites is 1. The molecule has 94 valence electrons. The molecule has 0 spiro atoms. The van der Waals surface area contributed by atoms with Crippen molar-refractivity contribution in [3.8, 4) is 5.75 Å². The summed E-state index contributed by atoms with van der Waals surface area (Å²) in [7, 11) is 1.59. The van der Waals surface area contributed by atoms with Gasteiger partial charge in [0.25, 0.3) is 0 Å². The fourth-order valence-corrected chi connectivity index (χ4v) is 1.60. The van der Waals surface area contributed by atoms with Gasteiger partial charge < -0.3 is 10.1 Å². The lowest BCUT2D eigenvalue weighted by atomic mass is 10.2. The molecule has 4 heteroatoms. The van der Waals surface area contributed by atoms with Crippen molar-refractivity contribution in [1.29, 1.82) is 0 Å². The number of methoxy groups -OCH3 is 1. The number of anilines is 1. The van der Waals surface area contributed by atoms with E-state index in [1.807, 2.05) is 12.1 Å². The molecule has 0 aliphatic rings. The zero-order valence-corrected chi connectivity index (χ0v) is 9.91. The van der Waals surface area contributed by atoms with E-state index in [4.69, 9.17) is 4.74 Å². The second-order valence-corrected chi connectivity index (χ2v) is 3.80. The van der Waals surface area contributed by atoms with Gasteiger partial charge in [-0.05, 0) is 29.8 Å². The van der Waals surface area contributed by atoms with Crippen LogP contribution in [0.15, 0.2) is 42.5 Å². The molecular formula is C14H13F2NO. The Balaban J connectivity index is 2.06. The van der Waals surface area contributed by atoms with Crippen LogP contribution in [0.2, 0.25) is 0 Å². The molecule has 0 bridgehead atoms. The van der Waals surface area contributed by atoms with E-state index in [-0.39, 0.29) is 5.69 Å². The van der Waals surface area contributed by atoms with Gasteiger partial charge in [-0.3, -0.25) is 0 Å². The van der Waals surface area contributed by atoms with Crippen LogP contribution in [0.5, 0.6) is 5.75 Å². The molecule has 1 N–H and O–H groups in total. The Labute approximate surface area is 104 Å². The summed E-state index contributed by atoms with van der Waals surface area (Å²) in [4.78, 5) is 0. The minimum Gasteiger partial charge on any atom is -0.497 e. The Hall–Kier alpha value is -2.10. The van der Waals surface area contributed by atoms with Gasteiger partial charge in [-0.2, -0.15) is 0 Å². The molecule has 2 rings (SSSR count). The molecule has 0 radical (unpaired) electrons. The highest BCUT2D eigenvalue weighted by atomic mass is 19.1. The second kappa shape index (κ2) is 5.49. The first-order valence-electron chi connectivity index (χ1n) is 5.51. The minimum atomic E-state index is -0.594. The topological polar surface area (TPSA) is 21.3 Å². The molecule has 0 saturated carbocycles. The van der Waals surface area contributed by atoms with E-state index in [1.54, 1.807) is 19.2 Å². The maximum Gasteiger partial charge on any atom is 0.149 e. The van der Waals surface area contributed by atoms with Crippen LogP contribution in [0.4, 0.5) is 14.5 Å². The van der Waals surface area contributed by atoms with Crippen molar-refractivity contribution in [2.45, 2.75) is 6.54 Å². The van der Waals surface area contributed by atoms with Crippen LogP contribution in [0, 0.1) is 11.6 Å². The Bertz CT molecular complexity index is 506. The van der Waals surface area contributed by atoms with E-state index in [1.165, 1.54) is 18.2 Å². The van der Waals surface area contributed by atoms with Crippen LogP contribution in [-0.2, 0) is 6.54 Å². The van der Waals surface area contributed by atoms with E-state index >= 15 is 0 Å². The highest BCUT2D eigenvalue weighted by Crippen LogP contribution is 2.19. The van der Waals surface area contributed by atoms with Crippen molar-refractivity contribution in [3.63, 3.8) is 0 Å². The molecule has 2 aromatic carbocycles. The summed E-state index contributed by atoms with van der Waals surface area (Å²) in [5.74, 6) is -0.442. The quantitative estimate of drug-likeness (QED) is 0.894. The van der Waals surface area contributed by atoms with Crippen LogP contribution >= 0.6 is 0 Å². The van der Waals surface area contributed by atoms with Crippen molar-refractivity contribution in [2.75, 3.05) is 12.4 Å². The van der Waals surface area contributed by atoms with Crippen LogP contribution in [-0.4, -0.2) is 7.11 Å². The van der Waals surface area contributed by atoms with E-state index in [9.17, 15) is 8.78 Å². The molecule has 0 aromatic heterocycles.